The summed E-state index contributed by atoms with van der Waals surface area (Å²) in [6.07, 6.45) is 2.09. The lowest BCUT2D eigenvalue weighted by atomic mass is 9.81. The molecule has 0 amide bonds. The minimum atomic E-state index is -0.457. The van der Waals surface area contributed by atoms with Crippen molar-refractivity contribution in [1.82, 2.24) is 0 Å². The van der Waals surface area contributed by atoms with Gasteiger partial charge in [-0.1, -0.05) is 15.9 Å². The van der Waals surface area contributed by atoms with Crippen molar-refractivity contribution in [3.05, 3.63) is 34.1 Å². The van der Waals surface area contributed by atoms with E-state index in [1.165, 1.54) is 6.07 Å². The smallest absolute Gasteiger partial charge is 0.169 e. The van der Waals surface area contributed by atoms with Crippen molar-refractivity contribution in [3.63, 3.8) is 0 Å². The van der Waals surface area contributed by atoms with Crippen LogP contribution in [0.25, 0.3) is 0 Å². The maximum Gasteiger partial charge on any atom is 0.169 e. The quantitative estimate of drug-likeness (QED) is 0.773. The summed E-state index contributed by atoms with van der Waals surface area (Å²) < 4.78 is 25.8. The number of hydrogen-bond acceptors (Lipinski definition) is 3. The summed E-state index contributed by atoms with van der Waals surface area (Å²) in [4.78, 5) is 12.6. The normalized spacial score (nSPS) is 29.8. The Morgan fingerprint density at radius 2 is 2.25 bits per heavy atom. The molecule has 2 aliphatic rings. The van der Waals surface area contributed by atoms with Crippen LogP contribution in [0.3, 0.4) is 0 Å². The van der Waals surface area contributed by atoms with Crippen LogP contribution in [-0.4, -0.2) is 31.2 Å². The summed E-state index contributed by atoms with van der Waals surface area (Å²) in [6, 6.07) is 4.48. The molecular weight excluding hydrogens is 327 g/mol. The second-order valence-electron chi connectivity index (χ2n) is 5.51. The summed E-state index contributed by atoms with van der Waals surface area (Å²) in [5.74, 6) is -0.769. The Morgan fingerprint density at radius 3 is 3.00 bits per heavy atom. The van der Waals surface area contributed by atoms with E-state index in [0.717, 1.165) is 6.42 Å². The number of carbonyl (C=O) groups is 1. The Hall–Kier alpha value is -0.780. The average molecular weight is 343 g/mol. The van der Waals surface area contributed by atoms with Crippen molar-refractivity contribution < 1.29 is 18.7 Å². The molecule has 1 spiro atoms. The Balaban J connectivity index is 1.81. The number of benzene rings is 1. The van der Waals surface area contributed by atoms with E-state index in [2.05, 4.69) is 15.9 Å². The van der Waals surface area contributed by atoms with E-state index in [4.69, 9.17) is 9.47 Å². The molecule has 2 saturated heterocycles. The van der Waals surface area contributed by atoms with Gasteiger partial charge in [0.1, 0.15) is 5.82 Å². The first-order valence-electron chi connectivity index (χ1n) is 6.81. The van der Waals surface area contributed by atoms with E-state index in [1.54, 1.807) is 12.1 Å². The molecule has 1 aromatic rings. The Labute approximate surface area is 125 Å². The lowest BCUT2D eigenvalue weighted by molar-refractivity contribution is -0.0921. The molecular formula is C15H16BrFO3. The van der Waals surface area contributed by atoms with Gasteiger partial charge in [0, 0.05) is 30.0 Å². The molecule has 5 heteroatoms. The van der Waals surface area contributed by atoms with Gasteiger partial charge in [0.05, 0.1) is 17.8 Å². The number of Topliss-reactive ketones (excluding diaryl/α,β-unsaturated/α-hetero) is 1. The number of ether oxygens (including phenoxy) is 2. The number of carbonyl (C=O) groups excluding carboxylic acids is 1. The van der Waals surface area contributed by atoms with E-state index in [0.29, 0.717) is 37.1 Å². The zero-order valence-corrected chi connectivity index (χ0v) is 12.6. The molecule has 0 bridgehead atoms. The zero-order valence-electron chi connectivity index (χ0n) is 11.0. The third-order valence-electron chi connectivity index (χ3n) is 4.12. The standard InChI is InChI=1S/C15H16BrFO3/c16-11-1-2-13(17)12(7-11)14(18)10-3-5-20-15(8-10)4-6-19-9-15/h1-2,7,10H,3-6,8-9H2. The van der Waals surface area contributed by atoms with Gasteiger partial charge < -0.3 is 9.47 Å². The van der Waals surface area contributed by atoms with Crippen molar-refractivity contribution in [2.45, 2.75) is 24.9 Å². The molecule has 20 heavy (non-hydrogen) atoms. The molecule has 2 unspecified atom stereocenters. The van der Waals surface area contributed by atoms with Gasteiger partial charge >= 0.3 is 0 Å². The van der Waals surface area contributed by atoms with Gasteiger partial charge in [-0.15, -0.1) is 0 Å². The van der Waals surface area contributed by atoms with Crippen LogP contribution in [0.4, 0.5) is 4.39 Å². The molecule has 2 heterocycles. The number of hydrogen-bond donors (Lipinski definition) is 0. The SMILES string of the molecule is O=C(c1cc(Br)ccc1F)C1CCOC2(CCOC2)C1. The van der Waals surface area contributed by atoms with Crippen LogP contribution in [0.1, 0.15) is 29.6 Å². The van der Waals surface area contributed by atoms with Crippen molar-refractivity contribution in [2.75, 3.05) is 19.8 Å². The van der Waals surface area contributed by atoms with Crippen LogP contribution in [0.15, 0.2) is 22.7 Å². The van der Waals surface area contributed by atoms with Gasteiger partial charge in [0.2, 0.25) is 0 Å². The van der Waals surface area contributed by atoms with Crippen LogP contribution in [0.5, 0.6) is 0 Å². The van der Waals surface area contributed by atoms with Gasteiger partial charge in [-0.2, -0.15) is 0 Å². The molecule has 0 radical (unpaired) electrons. The Morgan fingerprint density at radius 1 is 1.40 bits per heavy atom. The monoisotopic (exact) mass is 342 g/mol. The molecule has 0 aromatic heterocycles. The summed E-state index contributed by atoms with van der Waals surface area (Å²) in [7, 11) is 0. The third-order valence-corrected chi connectivity index (χ3v) is 4.62. The first-order valence-corrected chi connectivity index (χ1v) is 7.60. The number of ketones is 1. The van der Waals surface area contributed by atoms with E-state index in [1.807, 2.05) is 0 Å². The molecule has 2 fully saturated rings. The largest absolute Gasteiger partial charge is 0.378 e. The first-order chi connectivity index (χ1) is 9.60. The van der Waals surface area contributed by atoms with E-state index in [9.17, 15) is 9.18 Å². The molecule has 0 aliphatic carbocycles. The van der Waals surface area contributed by atoms with Crippen LogP contribution in [-0.2, 0) is 9.47 Å². The predicted octanol–water partition coefficient (Wildman–Crippen LogP) is 3.36. The second kappa shape index (κ2) is 5.54. The fourth-order valence-electron chi connectivity index (χ4n) is 3.02. The van der Waals surface area contributed by atoms with Crippen molar-refractivity contribution in [2.24, 2.45) is 5.92 Å². The molecule has 2 aliphatic heterocycles. The number of rotatable bonds is 2. The average Bonchev–Trinajstić information content (AvgIpc) is 2.88. The van der Waals surface area contributed by atoms with Crippen molar-refractivity contribution in [3.8, 4) is 0 Å². The first kappa shape index (κ1) is 14.2. The van der Waals surface area contributed by atoms with Crippen LogP contribution in [0, 0.1) is 11.7 Å². The third kappa shape index (κ3) is 2.67. The highest BCUT2D eigenvalue weighted by Crippen LogP contribution is 2.37. The van der Waals surface area contributed by atoms with Gasteiger partial charge in [0.25, 0.3) is 0 Å². The lowest BCUT2D eigenvalue weighted by Gasteiger charge is -2.36. The maximum atomic E-state index is 13.8. The number of halogens is 2. The second-order valence-corrected chi connectivity index (χ2v) is 6.43. The summed E-state index contributed by atoms with van der Waals surface area (Å²) in [5, 5.41) is 0. The minimum Gasteiger partial charge on any atom is -0.378 e. The van der Waals surface area contributed by atoms with Gasteiger partial charge in [0.15, 0.2) is 5.78 Å². The Bertz CT molecular complexity index is 526. The van der Waals surface area contributed by atoms with Crippen LogP contribution < -0.4 is 0 Å². The fourth-order valence-corrected chi connectivity index (χ4v) is 3.38. The molecule has 0 saturated carbocycles. The zero-order chi connectivity index (χ0) is 14.2. The lowest BCUT2D eigenvalue weighted by Crippen LogP contribution is -2.42. The van der Waals surface area contributed by atoms with Gasteiger partial charge in [-0.25, -0.2) is 4.39 Å². The maximum absolute atomic E-state index is 13.8. The molecule has 3 nitrogen and oxygen atoms in total. The molecule has 1 aromatic carbocycles. The van der Waals surface area contributed by atoms with Gasteiger partial charge in [-0.3, -0.25) is 4.79 Å². The topological polar surface area (TPSA) is 35.5 Å². The van der Waals surface area contributed by atoms with Gasteiger partial charge in [-0.05, 0) is 31.0 Å². The highest BCUT2D eigenvalue weighted by molar-refractivity contribution is 9.10. The van der Waals surface area contributed by atoms with Crippen molar-refractivity contribution >= 4 is 21.7 Å². The fraction of sp³-hybridized carbons (Fsp3) is 0.533. The summed E-state index contributed by atoms with van der Waals surface area (Å²) in [5.41, 5.74) is -0.165. The van der Waals surface area contributed by atoms with E-state index >= 15 is 0 Å². The van der Waals surface area contributed by atoms with E-state index < -0.39 is 5.82 Å². The highest BCUT2D eigenvalue weighted by atomic mass is 79.9. The van der Waals surface area contributed by atoms with Crippen molar-refractivity contribution in [1.29, 1.82) is 0 Å². The molecule has 2 atom stereocenters. The molecule has 0 N–H and O–H groups in total. The molecule has 108 valence electrons. The van der Waals surface area contributed by atoms with E-state index in [-0.39, 0.29) is 22.9 Å². The highest BCUT2D eigenvalue weighted by Gasteiger charge is 2.43. The summed E-state index contributed by atoms with van der Waals surface area (Å²) >= 11 is 3.28. The van der Waals surface area contributed by atoms with Crippen LogP contribution >= 0.6 is 15.9 Å². The predicted molar refractivity (Wildman–Crippen MR) is 75.3 cm³/mol. The Kier molecular flexibility index (Phi) is 3.93. The summed E-state index contributed by atoms with van der Waals surface area (Å²) in [6.45, 7) is 1.75. The minimum absolute atomic E-state index is 0.127. The van der Waals surface area contributed by atoms with Crippen LogP contribution in [0.2, 0.25) is 0 Å². The molecule has 3 rings (SSSR count).